The van der Waals surface area contributed by atoms with Crippen LogP contribution in [0.4, 0.5) is 0 Å². The molecule has 29 heavy (non-hydrogen) atoms. The van der Waals surface area contributed by atoms with Crippen LogP contribution in [0, 0.1) is 0 Å². The van der Waals surface area contributed by atoms with Crippen molar-refractivity contribution in [1.82, 2.24) is 0 Å². The van der Waals surface area contributed by atoms with Gasteiger partial charge in [-0.1, -0.05) is 26.7 Å². The number of hydrogen-bond donors (Lipinski definition) is 2. The standard InChI is InChI=1S/C18H28O11/c1-4-6-8-27-15(21)14(16(22)28-9-7-5-2)29-13(20)11-18(25,17(23)24)10-12(19)26-3/h14,25H,4-11H2,1-3H3,(H,23,24). The molecule has 1 unspecified atom stereocenters. The van der Waals surface area contributed by atoms with Gasteiger partial charge in [0.2, 0.25) is 0 Å². The zero-order valence-corrected chi connectivity index (χ0v) is 16.8. The number of ether oxygens (including phenoxy) is 4. The smallest absolute Gasteiger partial charge is 0.359 e. The molecule has 0 aromatic rings. The monoisotopic (exact) mass is 420 g/mol. The highest BCUT2D eigenvalue weighted by atomic mass is 16.6. The molecule has 1 atom stereocenters. The van der Waals surface area contributed by atoms with E-state index in [9.17, 15) is 29.1 Å². The molecule has 11 nitrogen and oxygen atoms in total. The molecule has 0 aromatic carbocycles. The molecule has 0 radical (unpaired) electrons. The van der Waals surface area contributed by atoms with Gasteiger partial charge in [0.25, 0.3) is 6.10 Å². The predicted molar refractivity (Wildman–Crippen MR) is 95.4 cm³/mol. The molecule has 0 saturated carbocycles. The summed E-state index contributed by atoms with van der Waals surface area (Å²) >= 11 is 0. The molecule has 0 spiro atoms. The number of aliphatic carboxylic acids is 1. The maximum Gasteiger partial charge on any atom is 0.359 e. The molecular weight excluding hydrogens is 392 g/mol. The van der Waals surface area contributed by atoms with Crippen molar-refractivity contribution in [3.05, 3.63) is 0 Å². The van der Waals surface area contributed by atoms with Gasteiger partial charge in [-0.15, -0.1) is 0 Å². The zero-order valence-electron chi connectivity index (χ0n) is 16.8. The number of esters is 4. The minimum absolute atomic E-state index is 0.0208. The van der Waals surface area contributed by atoms with Gasteiger partial charge in [0.05, 0.1) is 33.2 Å². The minimum atomic E-state index is -2.84. The molecule has 11 heteroatoms. The van der Waals surface area contributed by atoms with Crippen LogP contribution < -0.4 is 0 Å². The van der Waals surface area contributed by atoms with Crippen LogP contribution in [0.3, 0.4) is 0 Å². The fourth-order valence-corrected chi connectivity index (χ4v) is 1.91. The van der Waals surface area contributed by atoms with Gasteiger partial charge in [-0.05, 0) is 12.8 Å². The van der Waals surface area contributed by atoms with Crippen LogP contribution in [0.2, 0.25) is 0 Å². The summed E-state index contributed by atoms with van der Waals surface area (Å²) < 4.78 is 18.7. The molecule has 0 aliphatic carbocycles. The third-order valence-corrected chi connectivity index (χ3v) is 3.66. The molecule has 2 N–H and O–H groups in total. The Bertz CT molecular complexity index is 564. The molecule has 0 fully saturated rings. The summed E-state index contributed by atoms with van der Waals surface area (Å²) in [5.74, 6) is -6.74. The maximum atomic E-state index is 12.1. The van der Waals surface area contributed by atoms with Crippen molar-refractivity contribution in [2.45, 2.75) is 64.1 Å². The molecular formula is C18H28O11. The first-order valence-corrected chi connectivity index (χ1v) is 9.16. The second-order valence-corrected chi connectivity index (χ2v) is 6.18. The topological polar surface area (TPSA) is 163 Å². The Hall–Kier alpha value is -2.69. The second kappa shape index (κ2) is 13.5. The number of unbranched alkanes of at least 4 members (excludes halogenated alkanes) is 2. The molecule has 0 aliphatic rings. The summed E-state index contributed by atoms with van der Waals surface area (Å²) in [7, 11) is 0.970. The fraction of sp³-hybridized carbons (Fsp3) is 0.722. The number of methoxy groups -OCH3 is 1. The molecule has 166 valence electrons. The number of aliphatic hydroxyl groups is 1. The van der Waals surface area contributed by atoms with E-state index in [1.54, 1.807) is 0 Å². The van der Waals surface area contributed by atoms with Gasteiger partial charge in [0, 0.05) is 0 Å². The van der Waals surface area contributed by atoms with Crippen LogP contribution in [0.5, 0.6) is 0 Å². The third kappa shape index (κ3) is 9.88. The van der Waals surface area contributed by atoms with Gasteiger partial charge in [-0.25, -0.2) is 14.4 Å². The lowest BCUT2D eigenvalue weighted by Gasteiger charge is -2.22. The highest BCUT2D eigenvalue weighted by Crippen LogP contribution is 2.19. The van der Waals surface area contributed by atoms with Crippen molar-refractivity contribution < 1.29 is 53.1 Å². The maximum absolute atomic E-state index is 12.1. The number of hydrogen-bond acceptors (Lipinski definition) is 10. The minimum Gasteiger partial charge on any atom is -0.479 e. The van der Waals surface area contributed by atoms with Crippen LogP contribution in [0.25, 0.3) is 0 Å². The summed E-state index contributed by atoms with van der Waals surface area (Å²) in [5.41, 5.74) is -2.84. The van der Waals surface area contributed by atoms with Crippen molar-refractivity contribution >= 4 is 29.8 Å². The third-order valence-electron chi connectivity index (χ3n) is 3.66. The van der Waals surface area contributed by atoms with Gasteiger partial charge in [-0.3, -0.25) is 9.59 Å². The molecule has 0 aromatic heterocycles. The van der Waals surface area contributed by atoms with E-state index in [2.05, 4.69) is 4.74 Å². The summed E-state index contributed by atoms with van der Waals surface area (Å²) in [6.07, 6.45) is -1.90. The van der Waals surface area contributed by atoms with Gasteiger partial charge in [0.1, 0.15) is 0 Å². The summed E-state index contributed by atoms with van der Waals surface area (Å²) in [5, 5.41) is 19.2. The Labute approximate surface area is 168 Å². The van der Waals surface area contributed by atoms with Crippen molar-refractivity contribution in [3.63, 3.8) is 0 Å². The molecule has 0 rings (SSSR count). The van der Waals surface area contributed by atoms with E-state index in [0.29, 0.717) is 25.7 Å². The van der Waals surface area contributed by atoms with Gasteiger partial charge in [-0.2, -0.15) is 0 Å². The van der Waals surface area contributed by atoms with Crippen molar-refractivity contribution in [3.8, 4) is 0 Å². The molecule has 0 heterocycles. The zero-order chi connectivity index (χ0) is 22.4. The van der Waals surface area contributed by atoms with E-state index >= 15 is 0 Å². The van der Waals surface area contributed by atoms with E-state index in [0.717, 1.165) is 7.11 Å². The first-order valence-electron chi connectivity index (χ1n) is 9.16. The Morgan fingerprint density at radius 1 is 0.862 bits per heavy atom. The van der Waals surface area contributed by atoms with Crippen LogP contribution in [0.1, 0.15) is 52.4 Å². The number of rotatable bonds is 14. The summed E-state index contributed by atoms with van der Waals surface area (Å²) in [4.78, 5) is 58.9. The second-order valence-electron chi connectivity index (χ2n) is 6.18. The molecule has 0 aliphatic heterocycles. The lowest BCUT2D eigenvalue weighted by molar-refractivity contribution is -0.185. The molecule has 0 bridgehead atoms. The number of carboxylic acids is 1. The average molecular weight is 420 g/mol. The van der Waals surface area contributed by atoms with Crippen molar-refractivity contribution in [1.29, 1.82) is 0 Å². The van der Waals surface area contributed by atoms with E-state index in [1.807, 2.05) is 13.8 Å². The van der Waals surface area contributed by atoms with Gasteiger partial charge >= 0.3 is 29.8 Å². The van der Waals surface area contributed by atoms with Crippen LogP contribution in [-0.2, 0) is 42.9 Å². The number of carbonyl (C=O) groups excluding carboxylic acids is 4. The first kappa shape index (κ1) is 26.3. The summed E-state index contributed by atoms with van der Waals surface area (Å²) in [6, 6.07) is 0. The fourth-order valence-electron chi connectivity index (χ4n) is 1.91. The Balaban J connectivity index is 5.23. The van der Waals surface area contributed by atoms with Gasteiger partial charge in [0.15, 0.2) is 5.60 Å². The predicted octanol–water partition coefficient (Wildman–Crippen LogP) is 0.354. The molecule has 0 amide bonds. The normalized spacial score (nSPS) is 12.6. The Morgan fingerprint density at radius 3 is 1.69 bits per heavy atom. The van der Waals surface area contributed by atoms with Crippen LogP contribution in [-0.4, -0.2) is 72.1 Å². The molecule has 0 saturated heterocycles. The summed E-state index contributed by atoms with van der Waals surface area (Å²) in [6.45, 7) is 3.65. The van der Waals surface area contributed by atoms with E-state index < -0.39 is 54.4 Å². The van der Waals surface area contributed by atoms with Crippen molar-refractivity contribution in [2.24, 2.45) is 0 Å². The van der Waals surface area contributed by atoms with E-state index in [-0.39, 0.29) is 13.2 Å². The van der Waals surface area contributed by atoms with Crippen molar-refractivity contribution in [2.75, 3.05) is 20.3 Å². The van der Waals surface area contributed by atoms with Gasteiger partial charge < -0.3 is 29.2 Å². The quantitative estimate of drug-likeness (QED) is 0.172. The highest BCUT2D eigenvalue weighted by Gasteiger charge is 2.43. The highest BCUT2D eigenvalue weighted by molar-refractivity contribution is 6.00. The van der Waals surface area contributed by atoms with Crippen LogP contribution >= 0.6 is 0 Å². The Morgan fingerprint density at radius 2 is 1.31 bits per heavy atom. The van der Waals surface area contributed by atoms with E-state index in [1.165, 1.54) is 0 Å². The van der Waals surface area contributed by atoms with Crippen LogP contribution in [0.15, 0.2) is 0 Å². The lowest BCUT2D eigenvalue weighted by atomic mass is 9.96. The first-order chi connectivity index (χ1) is 13.6. The number of carboxylic acid groups (broad SMARTS) is 1. The van der Waals surface area contributed by atoms with E-state index in [4.69, 9.17) is 19.3 Å². The Kier molecular flexibility index (Phi) is 12.2. The SMILES string of the molecule is CCCCOC(=O)C(OC(=O)CC(O)(CC(=O)OC)C(=O)O)C(=O)OCCCC. The largest absolute Gasteiger partial charge is 0.479 e. The number of carbonyl (C=O) groups is 5. The lowest BCUT2D eigenvalue weighted by Crippen LogP contribution is -2.45. The average Bonchev–Trinajstić information content (AvgIpc) is 2.65.